The standard InChI is InChI=1S/C16H13ClN2O/c17-13-6-4-12(5-7-13)16-15(20)10-19(16)14-3-1-2-11(8-14)9-18/h1-8,15-16,20H,10H2/t15-,16?/m0/s1. The average molecular weight is 285 g/mol. The van der Waals surface area contributed by atoms with Crippen LogP contribution in [-0.2, 0) is 0 Å². The van der Waals surface area contributed by atoms with Crippen molar-refractivity contribution in [3.05, 3.63) is 64.7 Å². The van der Waals surface area contributed by atoms with Gasteiger partial charge in [-0.1, -0.05) is 29.8 Å². The van der Waals surface area contributed by atoms with Gasteiger partial charge in [0.05, 0.1) is 23.8 Å². The van der Waals surface area contributed by atoms with Crippen LogP contribution >= 0.6 is 11.6 Å². The Morgan fingerprint density at radius 1 is 1.20 bits per heavy atom. The Labute approximate surface area is 122 Å². The second-order valence-corrected chi connectivity index (χ2v) is 5.31. The van der Waals surface area contributed by atoms with E-state index in [4.69, 9.17) is 16.9 Å². The third kappa shape index (κ3) is 2.24. The van der Waals surface area contributed by atoms with Crippen LogP contribution in [0.4, 0.5) is 5.69 Å². The molecule has 1 fully saturated rings. The highest BCUT2D eigenvalue weighted by molar-refractivity contribution is 6.30. The number of rotatable bonds is 2. The van der Waals surface area contributed by atoms with Crippen molar-refractivity contribution in [1.82, 2.24) is 0 Å². The topological polar surface area (TPSA) is 47.3 Å². The third-order valence-electron chi connectivity index (χ3n) is 3.60. The van der Waals surface area contributed by atoms with E-state index in [0.29, 0.717) is 17.1 Å². The van der Waals surface area contributed by atoms with Gasteiger partial charge in [0, 0.05) is 17.3 Å². The van der Waals surface area contributed by atoms with Crippen molar-refractivity contribution >= 4 is 17.3 Å². The molecule has 1 unspecified atom stereocenters. The van der Waals surface area contributed by atoms with E-state index in [2.05, 4.69) is 11.0 Å². The predicted molar refractivity (Wildman–Crippen MR) is 78.7 cm³/mol. The van der Waals surface area contributed by atoms with E-state index >= 15 is 0 Å². The summed E-state index contributed by atoms with van der Waals surface area (Å²) in [4.78, 5) is 2.09. The third-order valence-corrected chi connectivity index (χ3v) is 3.85. The summed E-state index contributed by atoms with van der Waals surface area (Å²) in [5.41, 5.74) is 2.60. The van der Waals surface area contributed by atoms with Crippen LogP contribution in [0.1, 0.15) is 17.2 Å². The molecule has 3 nitrogen and oxygen atoms in total. The van der Waals surface area contributed by atoms with Crippen LogP contribution in [-0.4, -0.2) is 17.8 Å². The van der Waals surface area contributed by atoms with Crippen LogP contribution in [0.2, 0.25) is 5.02 Å². The number of nitrogens with zero attached hydrogens (tertiary/aromatic N) is 2. The van der Waals surface area contributed by atoms with Gasteiger partial charge in [-0.25, -0.2) is 0 Å². The van der Waals surface area contributed by atoms with Gasteiger partial charge >= 0.3 is 0 Å². The molecule has 4 heteroatoms. The van der Waals surface area contributed by atoms with E-state index in [1.807, 2.05) is 42.5 Å². The van der Waals surface area contributed by atoms with Gasteiger partial charge in [0.1, 0.15) is 0 Å². The number of aliphatic hydroxyl groups excluding tert-OH is 1. The quantitative estimate of drug-likeness (QED) is 0.922. The summed E-state index contributed by atoms with van der Waals surface area (Å²) in [6, 6.07) is 17.0. The zero-order chi connectivity index (χ0) is 14.1. The highest BCUT2D eigenvalue weighted by Gasteiger charge is 2.38. The molecule has 1 heterocycles. The zero-order valence-corrected chi connectivity index (χ0v) is 11.5. The number of aliphatic hydroxyl groups is 1. The minimum absolute atomic E-state index is 0.0822. The Balaban J connectivity index is 1.91. The molecule has 20 heavy (non-hydrogen) atoms. The predicted octanol–water partition coefficient (Wildman–Crippen LogP) is 3.13. The van der Waals surface area contributed by atoms with Crippen molar-refractivity contribution in [2.75, 3.05) is 11.4 Å². The molecular formula is C16H13ClN2O. The molecular weight excluding hydrogens is 272 g/mol. The fourth-order valence-corrected chi connectivity index (χ4v) is 2.69. The number of benzene rings is 2. The van der Waals surface area contributed by atoms with E-state index < -0.39 is 6.10 Å². The van der Waals surface area contributed by atoms with Gasteiger partial charge in [-0.05, 0) is 35.9 Å². The first kappa shape index (κ1) is 13.0. The molecule has 0 spiro atoms. The molecule has 1 N–H and O–H groups in total. The van der Waals surface area contributed by atoms with Gasteiger partial charge in [-0.3, -0.25) is 0 Å². The summed E-state index contributed by atoms with van der Waals surface area (Å²) in [6.07, 6.45) is -0.401. The highest BCUT2D eigenvalue weighted by atomic mass is 35.5. The number of hydrogen-bond acceptors (Lipinski definition) is 3. The molecule has 0 saturated carbocycles. The normalized spacial score (nSPS) is 21.1. The van der Waals surface area contributed by atoms with E-state index in [1.165, 1.54) is 0 Å². The molecule has 2 aromatic carbocycles. The van der Waals surface area contributed by atoms with Crippen LogP contribution in [0.15, 0.2) is 48.5 Å². The highest BCUT2D eigenvalue weighted by Crippen LogP contribution is 2.38. The number of hydrogen-bond donors (Lipinski definition) is 1. The Hall–Kier alpha value is -2.02. The molecule has 0 amide bonds. The lowest BCUT2D eigenvalue weighted by Gasteiger charge is -2.47. The Kier molecular flexibility index (Phi) is 3.35. The van der Waals surface area contributed by atoms with E-state index in [-0.39, 0.29) is 6.04 Å². The molecule has 0 aromatic heterocycles. The van der Waals surface area contributed by atoms with Gasteiger partial charge < -0.3 is 10.0 Å². The fraction of sp³-hybridized carbons (Fsp3) is 0.188. The Morgan fingerprint density at radius 3 is 2.60 bits per heavy atom. The largest absolute Gasteiger partial charge is 0.389 e. The summed E-state index contributed by atoms with van der Waals surface area (Å²) in [6.45, 7) is 0.572. The maximum absolute atomic E-state index is 10.0. The lowest BCUT2D eigenvalue weighted by molar-refractivity contribution is 0.0912. The van der Waals surface area contributed by atoms with Crippen LogP contribution in [0.3, 0.4) is 0 Å². The number of anilines is 1. The smallest absolute Gasteiger partial charge is 0.0992 e. The van der Waals surface area contributed by atoms with Crippen molar-refractivity contribution in [1.29, 1.82) is 5.26 Å². The minimum Gasteiger partial charge on any atom is -0.389 e. The first-order valence-electron chi connectivity index (χ1n) is 6.39. The molecule has 0 radical (unpaired) electrons. The summed E-state index contributed by atoms with van der Waals surface area (Å²) in [7, 11) is 0. The Morgan fingerprint density at radius 2 is 1.95 bits per heavy atom. The van der Waals surface area contributed by atoms with Crippen molar-refractivity contribution in [3.63, 3.8) is 0 Å². The molecule has 100 valence electrons. The van der Waals surface area contributed by atoms with Crippen molar-refractivity contribution < 1.29 is 5.11 Å². The summed E-state index contributed by atoms with van der Waals surface area (Å²) in [5.74, 6) is 0. The van der Waals surface area contributed by atoms with Gasteiger partial charge in [0.15, 0.2) is 0 Å². The lowest BCUT2D eigenvalue weighted by Crippen LogP contribution is -2.53. The first-order valence-corrected chi connectivity index (χ1v) is 6.77. The van der Waals surface area contributed by atoms with Crippen LogP contribution in [0, 0.1) is 11.3 Å². The Bertz CT molecular complexity index is 663. The number of halogens is 1. The zero-order valence-electron chi connectivity index (χ0n) is 10.7. The molecule has 0 aliphatic carbocycles. The molecule has 1 aliphatic heterocycles. The van der Waals surface area contributed by atoms with Gasteiger partial charge in [0.2, 0.25) is 0 Å². The molecule has 3 rings (SSSR count). The summed E-state index contributed by atoms with van der Waals surface area (Å²) in [5, 5.41) is 19.7. The van der Waals surface area contributed by atoms with E-state index in [0.717, 1.165) is 11.3 Å². The second kappa shape index (κ2) is 5.16. The van der Waals surface area contributed by atoms with Crippen LogP contribution in [0.25, 0.3) is 0 Å². The minimum atomic E-state index is -0.401. The first-order chi connectivity index (χ1) is 9.69. The molecule has 1 saturated heterocycles. The number of nitriles is 1. The van der Waals surface area contributed by atoms with Crippen molar-refractivity contribution in [2.24, 2.45) is 0 Å². The van der Waals surface area contributed by atoms with Crippen LogP contribution < -0.4 is 4.90 Å². The van der Waals surface area contributed by atoms with Crippen LogP contribution in [0.5, 0.6) is 0 Å². The van der Waals surface area contributed by atoms with E-state index in [1.54, 1.807) is 6.07 Å². The summed E-state index contributed by atoms with van der Waals surface area (Å²) < 4.78 is 0. The average Bonchev–Trinajstić information content (AvgIpc) is 2.47. The van der Waals surface area contributed by atoms with Gasteiger partial charge in [0.25, 0.3) is 0 Å². The van der Waals surface area contributed by atoms with E-state index in [9.17, 15) is 5.11 Å². The molecule has 2 aromatic rings. The number of β-amino-alcohol motifs (C(OH)–C–C–N with tert-alkyl or cyclic N) is 1. The van der Waals surface area contributed by atoms with Crippen molar-refractivity contribution in [3.8, 4) is 6.07 Å². The lowest BCUT2D eigenvalue weighted by atomic mass is 9.91. The SMILES string of the molecule is N#Cc1cccc(N2C[C@H](O)C2c2ccc(Cl)cc2)c1. The summed E-state index contributed by atoms with van der Waals surface area (Å²) >= 11 is 5.89. The maximum Gasteiger partial charge on any atom is 0.0992 e. The maximum atomic E-state index is 10.0. The molecule has 0 bridgehead atoms. The van der Waals surface area contributed by atoms with Gasteiger partial charge in [-0.15, -0.1) is 0 Å². The fourth-order valence-electron chi connectivity index (χ4n) is 2.57. The molecule has 1 aliphatic rings. The second-order valence-electron chi connectivity index (χ2n) is 4.88. The van der Waals surface area contributed by atoms with Crippen molar-refractivity contribution in [2.45, 2.75) is 12.1 Å². The van der Waals surface area contributed by atoms with Gasteiger partial charge in [-0.2, -0.15) is 5.26 Å². The monoisotopic (exact) mass is 284 g/mol. The molecule has 2 atom stereocenters.